The number of hydrogen-bond acceptors (Lipinski definition) is 16. The number of para-hydroxylation sites is 1. The third kappa shape index (κ3) is 5.68. The minimum absolute atomic E-state index is 0.166. The fourth-order valence-electron chi connectivity index (χ4n) is 6.48. The van der Waals surface area contributed by atoms with Crippen molar-refractivity contribution in [2.45, 2.75) is 73.4 Å². The number of hydrogen-bond donors (Lipinski definition) is 10. The monoisotopic (exact) mass is 694 g/mol. The zero-order valence-corrected chi connectivity index (χ0v) is 26.0. The van der Waals surface area contributed by atoms with E-state index < -0.39 is 85.7 Å². The molecular formula is C31H38N2O16. The predicted octanol–water partition coefficient (Wildman–Crippen LogP) is -4.20. The molecule has 0 unspecified atom stereocenters. The van der Waals surface area contributed by atoms with Gasteiger partial charge in [0, 0.05) is 25.7 Å². The van der Waals surface area contributed by atoms with Gasteiger partial charge in [0.2, 0.25) is 29.1 Å². The maximum atomic E-state index is 13.1. The highest BCUT2D eigenvalue weighted by molar-refractivity contribution is 5.92. The second kappa shape index (κ2) is 13.6. The average molecular weight is 695 g/mol. The fourth-order valence-corrected chi connectivity index (χ4v) is 6.48. The Morgan fingerprint density at radius 1 is 0.837 bits per heavy atom. The lowest BCUT2D eigenvalue weighted by Gasteiger charge is -2.62. The third-order valence-corrected chi connectivity index (χ3v) is 9.18. The molecule has 268 valence electrons. The lowest BCUT2D eigenvalue weighted by molar-refractivity contribution is -0.510. The average Bonchev–Trinajstić information content (AvgIpc) is 3.09. The first kappa shape index (κ1) is 36.6. The Morgan fingerprint density at radius 3 is 2.10 bits per heavy atom. The van der Waals surface area contributed by atoms with Gasteiger partial charge < -0.3 is 69.9 Å². The largest absolute Gasteiger partial charge is 0.456 e. The molecule has 2 aliphatic heterocycles. The minimum Gasteiger partial charge on any atom is -0.456 e. The van der Waals surface area contributed by atoms with Gasteiger partial charge in [-0.1, -0.05) is 12.1 Å². The van der Waals surface area contributed by atoms with Crippen LogP contribution >= 0.6 is 0 Å². The van der Waals surface area contributed by atoms with Crippen molar-refractivity contribution in [3.8, 4) is 0 Å². The van der Waals surface area contributed by atoms with Gasteiger partial charge in [-0.2, -0.15) is 0 Å². The highest BCUT2D eigenvalue weighted by atomic mass is 16.7. The van der Waals surface area contributed by atoms with E-state index in [1.165, 1.54) is 18.2 Å². The van der Waals surface area contributed by atoms with Crippen LogP contribution < -0.4 is 10.3 Å². The van der Waals surface area contributed by atoms with Crippen molar-refractivity contribution >= 4 is 39.9 Å². The first-order valence-corrected chi connectivity index (χ1v) is 15.2. The van der Waals surface area contributed by atoms with E-state index in [1.807, 2.05) is 0 Å². The Hall–Kier alpha value is -3.63. The highest BCUT2D eigenvalue weighted by Crippen LogP contribution is 2.50. The molecule has 3 aromatic rings. The number of aliphatic hydroxyl groups excluding tert-OH is 7. The molecule has 10 N–H and O–H groups in total. The molecule has 2 aliphatic rings. The second-order valence-corrected chi connectivity index (χ2v) is 12.0. The maximum Gasteiger partial charge on any atom is 0.290 e. The molecule has 3 heterocycles. The first-order chi connectivity index (χ1) is 23.1. The van der Waals surface area contributed by atoms with E-state index in [9.17, 15) is 65.4 Å². The fraction of sp³-hybridized carbons (Fsp3) is 0.516. The Labute approximate surface area is 276 Å². The SMILES string of the molecule is CC(=O)N(CCCN(C=O)c1ccc2oc3ccccc3c(=O)c2c1)[C@@]1(O)O[C@H](CO)[C@@H](O)[C@H](O)[C@]1(O)[C@@]1(O)O[C@H](CO)[C@@H](O)[C@H](O)[C@H]1O. The molecule has 2 amide bonds. The van der Waals surface area contributed by atoms with Crippen molar-refractivity contribution in [3.63, 3.8) is 0 Å². The van der Waals surface area contributed by atoms with Crippen LogP contribution in [0.15, 0.2) is 51.7 Å². The summed E-state index contributed by atoms with van der Waals surface area (Å²) >= 11 is 0. The number of amides is 2. The van der Waals surface area contributed by atoms with E-state index in [0.29, 0.717) is 22.3 Å². The van der Waals surface area contributed by atoms with Crippen LogP contribution in [0.4, 0.5) is 5.69 Å². The molecule has 5 rings (SSSR count). The van der Waals surface area contributed by atoms with E-state index in [-0.39, 0.29) is 35.1 Å². The van der Waals surface area contributed by atoms with E-state index in [0.717, 1.165) is 11.8 Å². The molecule has 0 aliphatic carbocycles. The van der Waals surface area contributed by atoms with Crippen LogP contribution in [-0.4, -0.2) is 155 Å². The van der Waals surface area contributed by atoms with Gasteiger partial charge in [-0.15, -0.1) is 0 Å². The molecule has 2 saturated heterocycles. The van der Waals surface area contributed by atoms with E-state index >= 15 is 0 Å². The lowest BCUT2D eigenvalue weighted by Crippen LogP contribution is -2.89. The van der Waals surface area contributed by atoms with Crippen LogP contribution in [0.1, 0.15) is 13.3 Å². The number of nitrogens with zero attached hydrogens (tertiary/aromatic N) is 2. The second-order valence-electron chi connectivity index (χ2n) is 12.0. The molecule has 0 bridgehead atoms. The summed E-state index contributed by atoms with van der Waals surface area (Å²) in [5.74, 6) is -8.58. The van der Waals surface area contributed by atoms with E-state index in [2.05, 4.69) is 0 Å². The molecule has 2 fully saturated rings. The number of benzene rings is 2. The van der Waals surface area contributed by atoms with Crippen LogP contribution in [0.25, 0.3) is 21.9 Å². The van der Waals surface area contributed by atoms with Crippen LogP contribution in [0.2, 0.25) is 0 Å². The third-order valence-electron chi connectivity index (χ3n) is 9.18. The zero-order chi connectivity index (χ0) is 36.1. The van der Waals surface area contributed by atoms with Gasteiger partial charge in [-0.05, 0) is 36.8 Å². The van der Waals surface area contributed by atoms with Gasteiger partial charge in [0.05, 0.1) is 24.0 Å². The molecule has 18 heteroatoms. The van der Waals surface area contributed by atoms with Crippen molar-refractivity contribution in [1.82, 2.24) is 4.90 Å². The standard InChI is InChI=1S/C31H38N2O16/c1-15(37)33(10-4-9-32(14-36)16-7-8-20-18(11-16)23(38)17-5-2-3-6-19(17)47-20)31(46)29(44,27(42)25(40)22(13-35)49-31)30(45)28(43)26(41)24(39)21(12-34)48-30/h2-3,5-8,11,14,21-22,24-28,34-35,39-46H,4,9-10,12-13H2,1H3/t21-,22-,24-,25-,26+,27+,28-,29+,30+,31+/m1/s1. The van der Waals surface area contributed by atoms with Crippen LogP contribution in [-0.2, 0) is 19.1 Å². The Kier molecular flexibility index (Phi) is 10.2. The summed E-state index contributed by atoms with van der Waals surface area (Å²) in [6.07, 6.45) is -16.1. The molecule has 49 heavy (non-hydrogen) atoms. The lowest BCUT2D eigenvalue weighted by atomic mass is 9.71. The normalized spacial score (nSPS) is 35.0. The topological polar surface area (TPSA) is 292 Å². The maximum absolute atomic E-state index is 13.1. The van der Waals surface area contributed by atoms with Crippen LogP contribution in [0.5, 0.6) is 0 Å². The zero-order valence-electron chi connectivity index (χ0n) is 26.0. The summed E-state index contributed by atoms with van der Waals surface area (Å²) in [5.41, 5.74) is -3.40. The van der Waals surface area contributed by atoms with Crippen molar-refractivity contribution < 1.29 is 74.5 Å². The Morgan fingerprint density at radius 2 is 1.47 bits per heavy atom. The quantitative estimate of drug-likeness (QED) is 0.0547. The number of anilines is 1. The number of fused-ring (bicyclic) bond motifs is 2. The number of carbonyl (C=O) groups is 2. The number of ether oxygens (including phenoxy) is 2. The summed E-state index contributed by atoms with van der Waals surface area (Å²) in [5, 5.41) is 109. The number of rotatable bonds is 10. The molecule has 0 saturated carbocycles. The number of aliphatic hydroxyl groups is 10. The minimum atomic E-state index is -3.90. The van der Waals surface area contributed by atoms with Crippen molar-refractivity contribution in [1.29, 1.82) is 0 Å². The summed E-state index contributed by atoms with van der Waals surface area (Å²) in [6, 6.07) is 11.0. The van der Waals surface area contributed by atoms with Gasteiger partial charge in [-0.3, -0.25) is 19.3 Å². The molecule has 1 aromatic heterocycles. The van der Waals surface area contributed by atoms with Crippen LogP contribution in [0.3, 0.4) is 0 Å². The summed E-state index contributed by atoms with van der Waals surface area (Å²) < 4.78 is 16.3. The summed E-state index contributed by atoms with van der Waals surface area (Å²) in [7, 11) is 0. The first-order valence-electron chi connectivity index (χ1n) is 15.2. The van der Waals surface area contributed by atoms with Gasteiger partial charge >= 0.3 is 0 Å². The van der Waals surface area contributed by atoms with Gasteiger partial charge in [-0.25, -0.2) is 0 Å². The van der Waals surface area contributed by atoms with Gasteiger partial charge in [0.25, 0.3) is 5.91 Å². The summed E-state index contributed by atoms with van der Waals surface area (Å²) in [4.78, 5) is 39.9. The van der Waals surface area contributed by atoms with Gasteiger partial charge in [0.15, 0.2) is 0 Å². The summed E-state index contributed by atoms with van der Waals surface area (Å²) in [6.45, 7) is -2.25. The highest BCUT2D eigenvalue weighted by Gasteiger charge is 2.79. The van der Waals surface area contributed by atoms with Gasteiger partial charge in [0.1, 0.15) is 53.9 Å². The number of carbonyl (C=O) groups excluding carboxylic acids is 2. The smallest absolute Gasteiger partial charge is 0.290 e. The van der Waals surface area contributed by atoms with Crippen molar-refractivity contribution in [3.05, 3.63) is 52.7 Å². The van der Waals surface area contributed by atoms with Crippen LogP contribution in [0, 0.1) is 0 Å². The van der Waals surface area contributed by atoms with E-state index in [1.54, 1.807) is 24.3 Å². The van der Waals surface area contributed by atoms with Crippen molar-refractivity contribution in [2.75, 3.05) is 31.2 Å². The Balaban J connectivity index is 1.48. The molecule has 18 nitrogen and oxygen atoms in total. The molecular weight excluding hydrogens is 656 g/mol. The Bertz CT molecular complexity index is 1750. The molecule has 0 radical (unpaired) electrons. The molecule has 10 atom stereocenters. The molecule has 0 spiro atoms. The van der Waals surface area contributed by atoms with E-state index in [4.69, 9.17) is 13.9 Å². The molecule has 2 aromatic carbocycles. The van der Waals surface area contributed by atoms with Crippen molar-refractivity contribution in [2.24, 2.45) is 0 Å². The predicted molar refractivity (Wildman–Crippen MR) is 164 cm³/mol.